The van der Waals surface area contributed by atoms with Crippen LogP contribution >= 0.6 is 0 Å². The first-order valence-corrected chi connectivity index (χ1v) is 6.85. The summed E-state index contributed by atoms with van der Waals surface area (Å²) in [6.45, 7) is 5.02. The number of nitrogens with one attached hydrogen (secondary N) is 1. The van der Waals surface area contributed by atoms with Crippen molar-refractivity contribution in [2.45, 2.75) is 6.54 Å². The van der Waals surface area contributed by atoms with E-state index in [-0.39, 0.29) is 0 Å². The lowest BCUT2D eigenvalue weighted by Crippen LogP contribution is -2.46. The van der Waals surface area contributed by atoms with E-state index in [2.05, 4.69) is 19.8 Å². The molecule has 0 amide bonds. The van der Waals surface area contributed by atoms with Crippen LogP contribution in [0.1, 0.15) is 16.1 Å². The number of hydrogen-bond donors (Lipinski definition) is 1. The standard InChI is InChI=1S/C15H18N4O/c20-11-13-1-3-15(4-2-13)19-7-5-18(6-8-19)10-14-9-16-12-17-14/h1-4,9,11-12H,5-8,10H2,(H,16,17). The molecule has 2 aromatic rings. The van der Waals surface area contributed by atoms with Crippen LogP contribution in [0.3, 0.4) is 0 Å². The van der Waals surface area contributed by atoms with Gasteiger partial charge in [-0.1, -0.05) is 0 Å². The van der Waals surface area contributed by atoms with Crippen molar-refractivity contribution in [3.8, 4) is 0 Å². The molecule has 0 bridgehead atoms. The van der Waals surface area contributed by atoms with Gasteiger partial charge in [0, 0.05) is 55.9 Å². The van der Waals surface area contributed by atoms with Crippen molar-refractivity contribution in [1.29, 1.82) is 0 Å². The fraction of sp³-hybridized carbons (Fsp3) is 0.333. The lowest BCUT2D eigenvalue weighted by atomic mass is 10.2. The second-order valence-corrected chi connectivity index (χ2v) is 5.05. The summed E-state index contributed by atoms with van der Waals surface area (Å²) in [6, 6.07) is 7.79. The molecule has 1 aliphatic heterocycles. The Labute approximate surface area is 118 Å². The number of aromatic amines is 1. The van der Waals surface area contributed by atoms with E-state index in [1.165, 1.54) is 5.69 Å². The first kappa shape index (κ1) is 12.9. The number of imidazole rings is 1. The monoisotopic (exact) mass is 270 g/mol. The van der Waals surface area contributed by atoms with Crippen LogP contribution in [0, 0.1) is 0 Å². The summed E-state index contributed by atoms with van der Waals surface area (Å²) in [5, 5.41) is 0. The number of benzene rings is 1. The molecule has 1 aromatic carbocycles. The predicted molar refractivity (Wildman–Crippen MR) is 77.9 cm³/mol. The number of piperazine rings is 1. The van der Waals surface area contributed by atoms with Crippen molar-refractivity contribution in [3.63, 3.8) is 0 Å². The maximum Gasteiger partial charge on any atom is 0.150 e. The number of rotatable bonds is 4. The summed E-state index contributed by atoms with van der Waals surface area (Å²) >= 11 is 0. The molecular formula is C15H18N4O. The molecular weight excluding hydrogens is 252 g/mol. The van der Waals surface area contributed by atoms with Crippen LogP contribution in [-0.2, 0) is 6.54 Å². The maximum absolute atomic E-state index is 10.7. The average molecular weight is 270 g/mol. The van der Waals surface area contributed by atoms with Gasteiger partial charge >= 0.3 is 0 Å². The molecule has 0 aliphatic carbocycles. The smallest absolute Gasteiger partial charge is 0.150 e. The SMILES string of the molecule is O=Cc1ccc(N2CCN(Cc3cnc[nH]3)CC2)cc1. The summed E-state index contributed by atoms with van der Waals surface area (Å²) in [5.74, 6) is 0. The first-order chi connectivity index (χ1) is 9.85. The van der Waals surface area contributed by atoms with Crippen LogP contribution in [0.4, 0.5) is 5.69 Å². The molecule has 104 valence electrons. The van der Waals surface area contributed by atoms with E-state index in [1.807, 2.05) is 30.5 Å². The zero-order valence-corrected chi connectivity index (χ0v) is 11.3. The highest BCUT2D eigenvalue weighted by molar-refractivity contribution is 5.75. The molecule has 1 aromatic heterocycles. The molecule has 5 heteroatoms. The number of aldehydes is 1. The molecule has 20 heavy (non-hydrogen) atoms. The minimum atomic E-state index is 0.728. The largest absolute Gasteiger partial charge is 0.369 e. The highest BCUT2D eigenvalue weighted by Crippen LogP contribution is 2.17. The Bertz CT molecular complexity index is 542. The average Bonchev–Trinajstić information content (AvgIpc) is 3.01. The van der Waals surface area contributed by atoms with Gasteiger partial charge in [-0.15, -0.1) is 0 Å². The Kier molecular flexibility index (Phi) is 3.78. The summed E-state index contributed by atoms with van der Waals surface area (Å²) in [5.41, 5.74) is 3.08. The van der Waals surface area contributed by atoms with Crippen molar-refractivity contribution in [2.75, 3.05) is 31.1 Å². The van der Waals surface area contributed by atoms with E-state index < -0.39 is 0 Å². The molecule has 1 N–H and O–H groups in total. The van der Waals surface area contributed by atoms with Gasteiger partial charge in [0.1, 0.15) is 6.29 Å². The Hall–Kier alpha value is -2.14. The van der Waals surface area contributed by atoms with E-state index in [1.54, 1.807) is 6.33 Å². The van der Waals surface area contributed by atoms with Crippen molar-refractivity contribution in [3.05, 3.63) is 48.0 Å². The minimum Gasteiger partial charge on any atom is -0.369 e. The van der Waals surface area contributed by atoms with Gasteiger partial charge in [-0.05, 0) is 24.3 Å². The molecule has 3 rings (SSSR count). The van der Waals surface area contributed by atoms with Gasteiger partial charge in [0.2, 0.25) is 0 Å². The zero-order valence-electron chi connectivity index (χ0n) is 11.3. The van der Waals surface area contributed by atoms with Crippen molar-refractivity contribution in [1.82, 2.24) is 14.9 Å². The van der Waals surface area contributed by atoms with Crippen LogP contribution in [0.15, 0.2) is 36.8 Å². The van der Waals surface area contributed by atoms with Gasteiger partial charge in [0.15, 0.2) is 0 Å². The number of carbonyl (C=O) groups excluding carboxylic acids is 1. The molecule has 0 radical (unpaired) electrons. The van der Waals surface area contributed by atoms with Crippen LogP contribution in [-0.4, -0.2) is 47.3 Å². The molecule has 0 atom stereocenters. The molecule has 1 saturated heterocycles. The third-order valence-electron chi connectivity index (χ3n) is 3.72. The maximum atomic E-state index is 10.7. The second kappa shape index (κ2) is 5.88. The Morgan fingerprint density at radius 3 is 2.50 bits per heavy atom. The fourth-order valence-electron chi connectivity index (χ4n) is 2.54. The van der Waals surface area contributed by atoms with Gasteiger partial charge < -0.3 is 9.88 Å². The second-order valence-electron chi connectivity index (χ2n) is 5.05. The highest BCUT2D eigenvalue weighted by atomic mass is 16.1. The predicted octanol–water partition coefficient (Wildman–Crippen LogP) is 1.54. The number of carbonyl (C=O) groups is 1. The number of nitrogens with zero attached hydrogens (tertiary/aromatic N) is 3. The lowest BCUT2D eigenvalue weighted by molar-refractivity contribution is 0.112. The molecule has 5 nitrogen and oxygen atoms in total. The van der Waals surface area contributed by atoms with E-state index in [4.69, 9.17) is 0 Å². The van der Waals surface area contributed by atoms with Gasteiger partial charge in [0.05, 0.1) is 6.33 Å². The zero-order chi connectivity index (χ0) is 13.8. The molecule has 0 saturated carbocycles. The number of H-pyrrole nitrogens is 1. The molecule has 0 unspecified atom stereocenters. The normalized spacial score (nSPS) is 16.3. The van der Waals surface area contributed by atoms with E-state index in [0.29, 0.717) is 0 Å². The van der Waals surface area contributed by atoms with Crippen molar-refractivity contribution < 1.29 is 4.79 Å². The van der Waals surface area contributed by atoms with Gasteiger partial charge in [-0.2, -0.15) is 0 Å². The quantitative estimate of drug-likeness (QED) is 0.856. The van der Waals surface area contributed by atoms with Gasteiger partial charge in [0.25, 0.3) is 0 Å². The summed E-state index contributed by atoms with van der Waals surface area (Å²) < 4.78 is 0. The Morgan fingerprint density at radius 2 is 1.90 bits per heavy atom. The fourth-order valence-corrected chi connectivity index (χ4v) is 2.54. The summed E-state index contributed by atoms with van der Waals surface area (Å²) in [4.78, 5) is 22.6. The van der Waals surface area contributed by atoms with Crippen molar-refractivity contribution in [2.24, 2.45) is 0 Å². The molecule has 0 spiro atoms. The minimum absolute atomic E-state index is 0.728. The first-order valence-electron chi connectivity index (χ1n) is 6.85. The van der Waals surface area contributed by atoms with Crippen LogP contribution in [0.25, 0.3) is 0 Å². The number of hydrogen-bond acceptors (Lipinski definition) is 4. The number of aromatic nitrogens is 2. The van der Waals surface area contributed by atoms with E-state index in [9.17, 15) is 4.79 Å². The third-order valence-corrected chi connectivity index (χ3v) is 3.72. The Morgan fingerprint density at radius 1 is 1.15 bits per heavy atom. The lowest BCUT2D eigenvalue weighted by Gasteiger charge is -2.35. The molecule has 1 aliphatic rings. The number of anilines is 1. The van der Waals surface area contributed by atoms with Crippen LogP contribution in [0.2, 0.25) is 0 Å². The van der Waals surface area contributed by atoms with E-state index >= 15 is 0 Å². The summed E-state index contributed by atoms with van der Waals surface area (Å²) in [7, 11) is 0. The van der Waals surface area contributed by atoms with Crippen molar-refractivity contribution >= 4 is 12.0 Å². The molecule has 1 fully saturated rings. The Balaban J connectivity index is 1.56. The highest BCUT2D eigenvalue weighted by Gasteiger charge is 2.17. The third kappa shape index (κ3) is 2.88. The van der Waals surface area contributed by atoms with Crippen LogP contribution in [0.5, 0.6) is 0 Å². The van der Waals surface area contributed by atoms with Crippen LogP contribution < -0.4 is 4.90 Å². The molecule has 2 heterocycles. The van der Waals surface area contributed by atoms with Gasteiger partial charge in [-0.25, -0.2) is 4.98 Å². The van der Waals surface area contributed by atoms with E-state index in [0.717, 1.165) is 50.3 Å². The summed E-state index contributed by atoms with van der Waals surface area (Å²) in [6.07, 6.45) is 4.48. The topological polar surface area (TPSA) is 52.2 Å². The van der Waals surface area contributed by atoms with Gasteiger partial charge in [-0.3, -0.25) is 9.69 Å².